The molecule has 330 valence electrons. The van der Waals surface area contributed by atoms with Gasteiger partial charge < -0.3 is 13.5 Å². The van der Waals surface area contributed by atoms with E-state index in [1.54, 1.807) is 17.2 Å². The lowest BCUT2D eigenvalue weighted by Gasteiger charge is -1.78. The van der Waals surface area contributed by atoms with Crippen LogP contribution in [0.15, 0.2) is 152 Å². The summed E-state index contributed by atoms with van der Waals surface area (Å²) < 4.78 is 38.3. The number of rotatable bonds is 0. The van der Waals surface area contributed by atoms with Crippen LogP contribution in [0.1, 0.15) is 0 Å². The first-order chi connectivity index (χ1) is 32.0. The van der Waals surface area contributed by atoms with Crippen LogP contribution in [-0.2, 0) is 0 Å². The van der Waals surface area contributed by atoms with Crippen molar-refractivity contribution in [1.82, 2.24) is 161 Å². The lowest BCUT2D eigenvalue weighted by Crippen LogP contribution is -1.64. The van der Waals surface area contributed by atoms with Crippen molar-refractivity contribution in [3.05, 3.63) is 129 Å². The number of benzene rings is 1. The molecule has 0 atom stereocenters. The highest BCUT2D eigenvalue weighted by molar-refractivity contribution is 7.03. The summed E-state index contributed by atoms with van der Waals surface area (Å²) in [5.74, 6) is 0. The Morgan fingerprint density at radius 3 is 1.62 bits per heavy atom. The number of nitrogens with one attached hydrogen (secondary N) is 3. The van der Waals surface area contributed by atoms with Gasteiger partial charge in [0.1, 0.15) is 41.0 Å². The van der Waals surface area contributed by atoms with Gasteiger partial charge in [0.05, 0.1) is 40.9 Å². The Labute approximate surface area is 368 Å². The Morgan fingerprint density at radius 2 is 1.38 bits per heavy atom. The zero-order chi connectivity index (χ0) is 45.0. The number of hydrogen-bond donors (Lipinski definition) is 3. The Kier molecular flexibility index (Phi) is 34.1. The Hall–Kier alpha value is -9.51. The molecule has 0 radical (unpaired) electrons. The van der Waals surface area contributed by atoms with Crippen molar-refractivity contribution in [2.24, 2.45) is 0 Å². The summed E-state index contributed by atoms with van der Waals surface area (Å²) in [5, 5.41) is 78.6. The third-order valence-corrected chi connectivity index (χ3v) is 5.73. The second-order valence-corrected chi connectivity index (χ2v) is 10.3. The van der Waals surface area contributed by atoms with Crippen LogP contribution in [0, 0.1) is 0 Å². The number of aromatic nitrogens is 32. The van der Waals surface area contributed by atoms with Crippen molar-refractivity contribution >= 4 is 57.4 Å². The van der Waals surface area contributed by atoms with Crippen LogP contribution >= 0.6 is 46.3 Å². The fraction of sp³-hybridized carbons (Fsp3) is 0. The smallest absolute Gasteiger partial charge is 0.235 e. The van der Waals surface area contributed by atoms with Crippen molar-refractivity contribution in [3.8, 4) is 0 Å². The van der Waals surface area contributed by atoms with Gasteiger partial charge >= 0.3 is 0 Å². The van der Waals surface area contributed by atoms with Crippen LogP contribution < -0.4 is 0 Å². The van der Waals surface area contributed by atoms with E-state index < -0.39 is 0 Å². The molecule has 3 N–H and O–H groups in total. The largest absolute Gasteiger partial charge is 0.431 e. The predicted molar refractivity (Wildman–Crippen MR) is 207 cm³/mol. The van der Waals surface area contributed by atoms with Gasteiger partial charge in [-0.2, -0.15) is 34.5 Å². The molecule has 0 saturated heterocycles. The zero-order valence-electron chi connectivity index (χ0n) is 31.3. The van der Waals surface area contributed by atoms with Gasteiger partial charge in [-0.05, 0) is 50.8 Å². The number of nitrogens with zero attached hydrogens (tertiary/aromatic N) is 29. The molecule has 13 aromatic rings. The van der Waals surface area contributed by atoms with Crippen molar-refractivity contribution in [2.75, 3.05) is 0 Å². The zero-order valence-corrected chi connectivity index (χ0v) is 34.5. The molecule has 12 heterocycles. The van der Waals surface area contributed by atoms with Gasteiger partial charge in [-0.15, -0.1) is 35.7 Å². The lowest BCUT2D eigenvalue weighted by atomic mass is 10.3. The van der Waals surface area contributed by atoms with Gasteiger partial charge in [-0.3, -0.25) is 5.10 Å². The summed E-state index contributed by atoms with van der Waals surface area (Å²) in [7, 11) is 0. The average Bonchev–Trinajstić information content (AvgIpc) is 4.24. The second-order valence-electron chi connectivity index (χ2n) is 7.94. The molecule has 37 nitrogen and oxygen atoms in total. The summed E-state index contributed by atoms with van der Waals surface area (Å²) in [6.07, 6.45) is 19.3. The Bertz CT molecular complexity index is 1740. The fourth-order valence-electron chi connectivity index (χ4n) is 2.18. The van der Waals surface area contributed by atoms with Crippen LogP contribution in [0.5, 0.6) is 0 Å². The van der Waals surface area contributed by atoms with E-state index >= 15 is 0 Å². The maximum atomic E-state index is 4.36. The summed E-state index contributed by atoms with van der Waals surface area (Å²) in [5.41, 5.74) is 5.08. The molecule has 0 spiro atoms. The first-order valence-electron chi connectivity index (χ1n) is 15.5. The highest BCUT2D eigenvalue weighted by atomic mass is 32.1. The molecule has 0 aliphatic rings. The molecule has 0 fully saturated rings. The second kappa shape index (κ2) is 43.1. The normalized spacial score (nSPS) is 8.31. The van der Waals surface area contributed by atoms with Gasteiger partial charge in [-0.1, -0.05) is 56.5 Å². The first kappa shape index (κ1) is 50.6. The third kappa shape index (κ3) is 35.6. The van der Waals surface area contributed by atoms with Gasteiger partial charge in [0.2, 0.25) is 25.6 Å². The minimum Gasteiger partial charge on any atom is -0.431 e. The van der Waals surface area contributed by atoms with Gasteiger partial charge in [0.25, 0.3) is 0 Å². The maximum absolute atomic E-state index is 4.36. The molecule has 0 unspecified atom stereocenters. The fourth-order valence-corrected chi connectivity index (χ4v) is 3.15. The lowest BCUT2D eigenvalue weighted by molar-refractivity contribution is 0.292. The summed E-state index contributed by atoms with van der Waals surface area (Å²) in [4.78, 5) is 10.6. The van der Waals surface area contributed by atoms with E-state index in [0.717, 1.165) is 29.2 Å². The number of fused-ring (bicyclic) bond motifs is 1. The monoisotopic (exact) mass is 956 g/mol. The van der Waals surface area contributed by atoms with E-state index in [1.807, 2.05) is 29.6 Å². The van der Waals surface area contributed by atoms with Crippen molar-refractivity contribution < 1.29 is 22.7 Å². The summed E-state index contributed by atoms with van der Waals surface area (Å²) >= 11 is 5.05. The minimum absolute atomic E-state index is 0.914. The SMILES string of the molecule is c1ccc2n[nH]nc2c1.c1cnon1.c1csnn1.c1nc[nH]n1.c1ncon1.c1ncsn1.c1nn[nH]n1.c1nnco1.c1nnno1.c1nnns1.c1nnon1.c1nnsn1. The average molecular weight is 957 g/mol. The molecule has 41 heteroatoms. The highest BCUT2D eigenvalue weighted by Crippen LogP contribution is 2.03. The van der Waals surface area contributed by atoms with Crippen molar-refractivity contribution in [1.29, 1.82) is 0 Å². The molecule has 1 aromatic carbocycles. The van der Waals surface area contributed by atoms with E-state index in [9.17, 15) is 0 Å². The van der Waals surface area contributed by atoms with Gasteiger partial charge in [0, 0.05) is 16.9 Å². The molecular weight excluding hydrogens is 933 g/mol. The number of aromatic amines is 3. The van der Waals surface area contributed by atoms with E-state index in [2.05, 4.69) is 183 Å². The molecule has 13 rings (SSSR count). The topological polar surface area (TPSA) is 487 Å². The standard InChI is InChI=1S/C6H5N3.C2H3N3.3C2H2N2O.2C2H2N2S.CH2N4.2CHN3O.2CHN3S/c1-2-4-6-5(3-1)7-9-8-6;1-3-2-5-4-1;1-3-4-2-5-1;1-3-2-5-4-1;1-2-4-5-3-1;1-3-2-5-4-1;1-2-5-4-3-1;1-2-4-5-3-1;1-2-3-4-5-1;1-2-4-5-3-1;1-2-3-4-5-1;1-2-4-5-3-1/h1-4H,(H,7,8,9);1-2H,(H,3,4,5);5*1-2H;1H,(H,2,3,4,5);4*1H. The molecule has 0 bridgehead atoms. The van der Waals surface area contributed by atoms with E-state index in [-0.39, 0.29) is 0 Å². The Morgan fingerprint density at radius 1 is 0.500 bits per heavy atom. The van der Waals surface area contributed by atoms with Crippen molar-refractivity contribution in [2.45, 2.75) is 0 Å². The van der Waals surface area contributed by atoms with Gasteiger partial charge in [0.15, 0.2) is 25.3 Å². The maximum Gasteiger partial charge on any atom is 0.235 e. The number of H-pyrrole nitrogens is 3. The molecule has 64 heavy (non-hydrogen) atoms. The molecule has 12 aromatic heterocycles. The first-order valence-corrected chi connectivity index (χ1v) is 18.7. The van der Waals surface area contributed by atoms with E-state index in [4.69, 9.17) is 0 Å². The quantitative estimate of drug-likeness (QED) is 0.181. The molecule has 0 aliphatic carbocycles. The van der Waals surface area contributed by atoms with Crippen LogP contribution in [0.2, 0.25) is 0 Å². The van der Waals surface area contributed by atoms with Gasteiger partial charge in [-0.25, -0.2) is 24.2 Å². The number of hydrogen-bond acceptors (Lipinski definition) is 38. The van der Waals surface area contributed by atoms with Crippen LogP contribution in [0.25, 0.3) is 11.0 Å². The Balaban J connectivity index is 0.000000241. The summed E-state index contributed by atoms with van der Waals surface area (Å²) in [6.45, 7) is 0. The predicted octanol–water partition coefficient (Wildman–Crippen LogP) is 0.0427. The number of para-hydroxylation sites is 2. The minimum atomic E-state index is 0.914. The van der Waals surface area contributed by atoms with Crippen molar-refractivity contribution in [3.63, 3.8) is 0 Å². The van der Waals surface area contributed by atoms with E-state index in [1.165, 1.54) is 110 Å². The molecular formula is C23H24N32O5S4. The highest BCUT2D eigenvalue weighted by Gasteiger charge is 1.90. The molecule has 0 amide bonds. The summed E-state index contributed by atoms with van der Waals surface area (Å²) in [6, 6.07) is 7.70. The van der Waals surface area contributed by atoms with Crippen LogP contribution in [0.4, 0.5) is 0 Å². The molecule has 0 aliphatic heterocycles. The van der Waals surface area contributed by atoms with E-state index in [0.29, 0.717) is 0 Å². The number of tetrazole rings is 1. The molecule has 0 saturated carbocycles. The van der Waals surface area contributed by atoms with Crippen LogP contribution in [0.3, 0.4) is 0 Å². The third-order valence-electron chi connectivity index (χ3n) is 4.16. The van der Waals surface area contributed by atoms with Crippen LogP contribution in [-0.4, -0.2) is 161 Å².